The van der Waals surface area contributed by atoms with Gasteiger partial charge in [-0.25, -0.2) is 13.1 Å². The minimum atomic E-state index is -3.85. The average Bonchev–Trinajstić information content (AvgIpc) is 2.54. The summed E-state index contributed by atoms with van der Waals surface area (Å²) in [6.45, 7) is 0.759. The van der Waals surface area contributed by atoms with Crippen molar-refractivity contribution in [3.8, 4) is 5.75 Å². The second-order valence-electron chi connectivity index (χ2n) is 6.01. The molecule has 0 aromatic heterocycles. The molecule has 0 atom stereocenters. The molecule has 1 heterocycles. The number of ether oxygens (including phenoxy) is 1. The summed E-state index contributed by atoms with van der Waals surface area (Å²) in [6, 6.07) is 4.27. The molecule has 1 N–H and O–H groups in total. The lowest BCUT2D eigenvalue weighted by Crippen LogP contribution is -2.40. The highest BCUT2D eigenvalue weighted by atomic mass is 32.2. The second-order valence-corrected chi connectivity index (χ2v) is 7.75. The van der Waals surface area contributed by atoms with Crippen LogP contribution in [0.2, 0.25) is 0 Å². The van der Waals surface area contributed by atoms with Gasteiger partial charge in [0.15, 0.2) is 0 Å². The van der Waals surface area contributed by atoms with Crippen molar-refractivity contribution < 1.29 is 22.7 Å². The molecule has 1 fully saturated rings. The molecule has 1 aromatic carbocycles. The molecule has 0 radical (unpaired) electrons. The summed E-state index contributed by atoms with van der Waals surface area (Å²) >= 11 is 0. The zero-order chi connectivity index (χ0) is 18.6. The number of nitrogens with zero attached hydrogens (tertiary/aromatic N) is 2. The standard InChI is InChI=1S/C16H23N3O5S/c1-18(2)10-9-17-25(22,23)14-11-12(7-8-13(14)24-3)19-15(20)5-4-6-16(19)21/h7-8,11,17H,4-6,9-10H2,1-3H3. The Labute approximate surface area is 147 Å². The Morgan fingerprint density at radius 2 is 1.84 bits per heavy atom. The minimum absolute atomic E-state index is 0.0996. The zero-order valence-electron chi connectivity index (χ0n) is 14.6. The van der Waals surface area contributed by atoms with Crippen LogP contribution >= 0.6 is 0 Å². The van der Waals surface area contributed by atoms with Crippen molar-refractivity contribution in [3.63, 3.8) is 0 Å². The first kappa shape index (κ1) is 19.4. The van der Waals surface area contributed by atoms with E-state index >= 15 is 0 Å². The number of rotatable bonds is 7. The number of hydrogen-bond acceptors (Lipinski definition) is 6. The molecule has 9 heteroatoms. The molecule has 0 bridgehead atoms. The fraction of sp³-hybridized carbons (Fsp3) is 0.500. The predicted molar refractivity (Wildman–Crippen MR) is 93.1 cm³/mol. The smallest absolute Gasteiger partial charge is 0.244 e. The van der Waals surface area contributed by atoms with Crippen LogP contribution in [-0.2, 0) is 19.6 Å². The van der Waals surface area contributed by atoms with Crippen LogP contribution in [0.25, 0.3) is 0 Å². The van der Waals surface area contributed by atoms with Gasteiger partial charge < -0.3 is 9.64 Å². The maximum absolute atomic E-state index is 12.6. The highest BCUT2D eigenvalue weighted by Gasteiger charge is 2.29. The fourth-order valence-electron chi connectivity index (χ4n) is 2.54. The molecular weight excluding hydrogens is 346 g/mol. The third-order valence-electron chi connectivity index (χ3n) is 3.83. The quantitative estimate of drug-likeness (QED) is 0.706. The SMILES string of the molecule is COc1ccc(N2C(=O)CCCC2=O)cc1S(=O)(=O)NCCN(C)C. The van der Waals surface area contributed by atoms with E-state index in [4.69, 9.17) is 4.74 Å². The van der Waals surface area contributed by atoms with E-state index in [9.17, 15) is 18.0 Å². The highest BCUT2D eigenvalue weighted by Crippen LogP contribution is 2.30. The first-order valence-electron chi connectivity index (χ1n) is 7.94. The summed E-state index contributed by atoms with van der Waals surface area (Å²) in [5, 5.41) is 0. The Morgan fingerprint density at radius 3 is 2.40 bits per heavy atom. The van der Waals surface area contributed by atoms with E-state index in [1.165, 1.54) is 25.3 Å². The molecule has 25 heavy (non-hydrogen) atoms. The van der Waals surface area contributed by atoms with E-state index in [0.29, 0.717) is 13.0 Å². The average molecular weight is 369 g/mol. The normalized spacial score (nSPS) is 15.8. The Balaban J connectivity index is 2.36. The van der Waals surface area contributed by atoms with Gasteiger partial charge in [0.1, 0.15) is 10.6 Å². The molecular formula is C16H23N3O5S. The number of anilines is 1. The lowest BCUT2D eigenvalue weighted by atomic mass is 10.1. The number of sulfonamides is 1. The van der Waals surface area contributed by atoms with Gasteiger partial charge in [-0.1, -0.05) is 0 Å². The lowest BCUT2D eigenvalue weighted by Gasteiger charge is -2.25. The number of piperidine rings is 1. The van der Waals surface area contributed by atoms with Gasteiger partial charge in [-0.2, -0.15) is 0 Å². The molecule has 1 aromatic rings. The summed E-state index contributed by atoms with van der Waals surface area (Å²) in [6.07, 6.45) is 1.05. The summed E-state index contributed by atoms with van der Waals surface area (Å²) in [4.78, 5) is 26.9. The third kappa shape index (κ3) is 4.56. The van der Waals surface area contributed by atoms with Gasteiger partial charge in [0.25, 0.3) is 0 Å². The molecule has 0 unspecified atom stereocenters. The third-order valence-corrected chi connectivity index (χ3v) is 5.31. The Kier molecular flexibility index (Phi) is 6.15. The van der Waals surface area contributed by atoms with Gasteiger partial charge >= 0.3 is 0 Å². The van der Waals surface area contributed by atoms with Crippen molar-refractivity contribution >= 4 is 27.5 Å². The number of benzene rings is 1. The van der Waals surface area contributed by atoms with E-state index in [2.05, 4.69) is 4.72 Å². The van der Waals surface area contributed by atoms with Gasteiger partial charge in [-0.15, -0.1) is 0 Å². The summed E-state index contributed by atoms with van der Waals surface area (Å²) in [5.74, 6) is -0.506. The van der Waals surface area contributed by atoms with E-state index in [-0.39, 0.29) is 47.5 Å². The molecule has 1 saturated heterocycles. The molecule has 0 spiro atoms. The molecule has 2 rings (SSSR count). The Morgan fingerprint density at radius 1 is 1.20 bits per heavy atom. The molecule has 0 saturated carbocycles. The van der Waals surface area contributed by atoms with Crippen molar-refractivity contribution in [2.75, 3.05) is 39.2 Å². The molecule has 2 amide bonds. The molecule has 138 valence electrons. The molecule has 1 aliphatic heterocycles. The van der Waals surface area contributed by atoms with Crippen molar-refractivity contribution in [1.29, 1.82) is 0 Å². The van der Waals surface area contributed by atoms with Gasteiger partial charge in [0.05, 0.1) is 12.8 Å². The van der Waals surface area contributed by atoms with Gasteiger partial charge in [0.2, 0.25) is 21.8 Å². The maximum atomic E-state index is 12.6. The van der Waals surface area contributed by atoms with Crippen LogP contribution in [0.3, 0.4) is 0 Å². The van der Waals surface area contributed by atoms with Gasteiger partial charge in [-0.05, 0) is 38.7 Å². The number of carbonyl (C=O) groups excluding carboxylic acids is 2. The number of imide groups is 1. The van der Waals surface area contributed by atoms with E-state index in [0.717, 1.165) is 4.90 Å². The largest absolute Gasteiger partial charge is 0.495 e. The highest BCUT2D eigenvalue weighted by molar-refractivity contribution is 7.89. The number of carbonyl (C=O) groups is 2. The maximum Gasteiger partial charge on any atom is 0.244 e. The van der Waals surface area contributed by atoms with Crippen LogP contribution in [0.15, 0.2) is 23.1 Å². The lowest BCUT2D eigenvalue weighted by molar-refractivity contribution is -0.129. The van der Waals surface area contributed by atoms with Crippen LogP contribution in [-0.4, -0.2) is 59.4 Å². The summed E-state index contributed by atoms with van der Waals surface area (Å²) in [7, 11) is 1.19. The van der Waals surface area contributed by atoms with Crippen LogP contribution < -0.4 is 14.4 Å². The van der Waals surface area contributed by atoms with Gasteiger partial charge in [0, 0.05) is 25.9 Å². The number of hydrogen-bond donors (Lipinski definition) is 1. The van der Waals surface area contributed by atoms with Crippen molar-refractivity contribution in [1.82, 2.24) is 9.62 Å². The van der Waals surface area contributed by atoms with Crippen LogP contribution in [0.1, 0.15) is 19.3 Å². The Hall–Kier alpha value is -1.97. The molecule has 1 aliphatic rings. The number of methoxy groups -OCH3 is 1. The van der Waals surface area contributed by atoms with E-state index in [1.807, 2.05) is 19.0 Å². The molecule has 8 nitrogen and oxygen atoms in total. The predicted octanol–water partition coefficient (Wildman–Crippen LogP) is 0.579. The van der Waals surface area contributed by atoms with E-state index < -0.39 is 10.0 Å². The molecule has 0 aliphatic carbocycles. The minimum Gasteiger partial charge on any atom is -0.495 e. The van der Waals surface area contributed by atoms with Crippen LogP contribution in [0.5, 0.6) is 5.75 Å². The Bertz CT molecular complexity index is 745. The number of amides is 2. The van der Waals surface area contributed by atoms with E-state index in [1.54, 1.807) is 0 Å². The number of likely N-dealkylation sites (N-methyl/N-ethyl adjacent to an activating group) is 1. The number of nitrogens with one attached hydrogen (secondary N) is 1. The van der Waals surface area contributed by atoms with Crippen molar-refractivity contribution in [2.24, 2.45) is 0 Å². The van der Waals surface area contributed by atoms with Crippen LogP contribution in [0, 0.1) is 0 Å². The van der Waals surface area contributed by atoms with Crippen molar-refractivity contribution in [3.05, 3.63) is 18.2 Å². The summed E-state index contributed by atoms with van der Waals surface area (Å²) < 4.78 is 32.8. The first-order chi connectivity index (χ1) is 11.8. The summed E-state index contributed by atoms with van der Waals surface area (Å²) in [5.41, 5.74) is 0.239. The van der Waals surface area contributed by atoms with Crippen LogP contribution in [0.4, 0.5) is 5.69 Å². The van der Waals surface area contributed by atoms with Gasteiger partial charge in [-0.3, -0.25) is 14.5 Å². The first-order valence-corrected chi connectivity index (χ1v) is 9.43. The topological polar surface area (TPSA) is 96.0 Å². The monoisotopic (exact) mass is 369 g/mol. The van der Waals surface area contributed by atoms with Crippen molar-refractivity contribution in [2.45, 2.75) is 24.2 Å². The second kappa shape index (κ2) is 7.94. The fourth-order valence-corrected chi connectivity index (χ4v) is 3.75. The zero-order valence-corrected chi connectivity index (χ0v) is 15.4.